The van der Waals surface area contributed by atoms with Gasteiger partial charge in [0, 0.05) is 44.0 Å². The number of carbonyl (C=O) groups excluding carboxylic acids is 2. The molecule has 218 valence electrons. The maximum atomic E-state index is 14.6. The fraction of sp³-hybridized carbons (Fsp3) is 0.200. The van der Waals surface area contributed by atoms with Gasteiger partial charge in [-0.1, -0.05) is 0 Å². The van der Waals surface area contributed by atoms with Gasteiger partial charge in [-0.25, -0.2) is 13.9 Å². The number of amides is 2. The van der Waals surface area contributed by atoms with Crippen molar-refractivity contribution in [2.45, 2.75) is 18.6 Å². The number of hydrogen-bond donors (Lipinski definition) is 2. The summed E-state index contributed by atoms with van der Waals surface area (Å²) in [4.78, 5) is 29.9. The van der Waals surface area contributed by atoms with Crippen LogP contribution in [0.25, 0.3) is 16.9 Å². The summed E-state index contributed by atoms with van der Waals surface area (Å²) < 4.78 is 85.7. The van der Waals surface area contributed by atoms with Crippen LogP contribution in [0.15, 0.2) is 55.0 Å². The van der Waals surface area contributed by atoms with E-state index in [4.69, 9.17) is 0 Å². The highest BCUT2D eigenvalue weighted by Crippen LogP contribution is 2.44. The first-order valence-corrected chi connectivity index (χ1v) is 12.0. The molecular weight excluding hydrogens is 572 g/mol. The van der Waals surface area contributed by atoms with Crippen LogP contribution < -0.4 is 10.6 Å². The molecule has 0 saturated carbocycles. The minimum absolute atomic E-state index is 0.0441. The van der Waals surface area contributed by atoms with Gasteiger partial charge in [-0.15, -0.1) is 0 Å². The quantitative estimate of drug-likeness (QED) is 0.277. The molecule has 0 bridgehead atoms. The van der Waals surface area contributed by atoms with E-state index in [-0.39, 0.29) is 33.7 Å². The lowest BCUT2D eigenvalue weighted by molar-refractivity contribution is -0.291. The first kappa shape index (κ1) is 28.3. The number of fused-ring (bicyclic) bond motifs is 1. The molecule has 0 atom stereocenters. The first-order valence-electron chi connectivity index (χ1n) is 12.0. The second-order valence-corrected chi connectivity index (χ2v) is 9.09. The van der Waals surface area contributed by atoms with Crippen LogP contribution in [0.5, 0.6) is 0 Å². The Bertz CT molecular complexity index is 1810. The molecule has 4 heterocycles. The number of halogens is 6. The van der Waals surface area contributed by atoms with Gasteiger partial charge in [0.15, 0.2) is 11.3 Å². The maximum Gasteiger partial charge on any atom is 0.459 e. The second kappa shape index (κ2) is 10.3. The third-order valence-corrected chi connectivity index (χ3v) is 6.09. The lowest BCUT2D eigenvalue weighted by Crippen LogP contribution is -2.36. The zero-order valence-corrected chi connectivity index (χ0v) is 21.6. The molecular formula is C25H19F6N9O2. The molecule has 0 aliphatic heterocycles. The van der Waals surface area contributed by atoms with E-state index >= 15 is 0 Å². The van der Waals surface area contributed by atoms with Gasteiger partial charge in [-0.05, 0) is 30.3 Å². The summed E-state index contributed by atoms with van der Waals surface area (Å²) >= 11 is 0. The second-order valence-electron chi connectivity index (χ2n) is 9.09. The van der Waals surface area contributed by atoms with E-state index in [0.29, 0.717) is 11.6 Å². The van der Waals surface area contributed by atoms with E-state index in [1.54, 1.807) is 24.1 Å². The average Bonchev–Trinajstić information content (AvgIpc) is 3.64. The van der Waals surface area contributed by atoms with Crippen LogP contribution in [0, 0.1) is 5.82 Å². The zero-order chi connectivity index (χ0) is 30.4. The summed E-state index contributed by atoms with van der Waals surface area (Å²) in [5.74, 6) is -7.73. The molecule has 5 rings (SSSR count). The van der Waals surface area contributed by atoms with Crippen molar-refractivity contribution < 1.29 is 35.9 Å². The van der Waals surface area contributed by atoms with Crippen LogP contribution in [0.4, 0.5) is 32.0 Å². The highest BCUT2D eigenvalue weighted by molar-refractivity contribution is 6.07. The van der Waals surface area contributed by atoms with Gasteiger partial charge in [-0.2, -0.15) is 37.2 Å². The zero-order valence-electron chi connectivity index (χ0n) is 21.6. The summed E-state index contributed by atoms with van der Waals surface area (Å²) in [6.45, 7) is 0.107. The van der Waals surface area contributed by atoms with Crippen LogP contribution in [-0.4, -0.2) is 52.1 Å². The molecule has 11 nitrogen and oxygen atoms in total. The molecule has 2 amide bonds. The van der Waals surface area contributed by atoms with Crippen molar-refractivity contribution in [2.24, 2.45) is 14.1 Å². The Kier molecular flexibility index (Phi) is 6.95. The number of anilines is 1. The number of nitrogens with zero attached hydrogens (tertiary/aromatic N) is 7. The lowest BCUT2D eigenvalue weighted by Gasteiger charge is -2.21. The van der Waals surface area contributed by atoms with Gasteiger partial charge in [-0.3, -0.25) is 19.0 Å². The summed E-state index contributed by atoms with van der Waals surface area (Å²) in [5, 5.41) is 16.6. The third kappa shape index (κ3) is 5.27. The van der Waals surface area contributed by atoms with E-state index in [1.165, 1.54) is 11.7 Å². The maximum absolute atomic E-state index is 14.6. The minimum Gasteiger partial charge on any atom is -0.346 e. The molecule has 1 aromatic carbocycles. The van der Waals surface area contributed by atoms with Crippen molar-refractivity contribution in [3.05, 3.63) is 83.5 Å². The fourth-order valence-corrected chi connectivity index (χ4v) is 4.04. The molecule has 0 aliphatic carbocycles. The van der Waals surface area contributed by atoms with Crippen LogP contribution in [0.3, 0.4) is 0 Å². The molecule has 5 aromatic rings. The third-order valence-electron chi connectivity index (χ3n) is 6.09. The number of benzene rings is 1. The van der Waals surface area contributed by atoms with E-state index < -0.39 is 46.8 Å². The van der Waals surface area contributed by atoms with Gasteiger partial charge in [0.05, 0.1) is 23.8 Å². The summed E-state index contributed by atoms with van der Waals surface area (Å²) in [6.07, 6.45) is -1.63. The molecule has 42 heavy (non-hydrogen) atoms. The van der Waals surface area contributed by atoms with Gasteiger partial charge in [0.25, 0.3) is 11.8 Å². The molecule has 0 fully saturated rings. The molecule has 17 heteroatoms. The normalized spacial score (nSPS) is 12.1. The van der Waals surface area contributed by atoms with Crippen molar-refractivity contribution in [1.29, 1.82) is 0 Å². The summed E-state index contributed by atoms with van der Waals surface area (Å²) in [6, 6.07) is 5.63. The Morgan fingerprint density at radius 1 is 0.952 bits per heavy atom. The Hall–Kier alpha value is -5.22. The number of hydrogen-bond acceptors (Lipinski definition) is 6. The van der Waals surface area contributed by atoms with Gasteiger partial charge < -0.3 is 10.6 Å². The average molecular weight is 591 g/mol. The van der Waals surface area contributed by atoms with Crippen molar-refractivity contribution in [3.8, 4) is 11.3 Å². The van der Waals surface area contributed by atoms with Crippen LogP contribution in [-0.2, 0) is 26.6 Å². The van der Waals surface area contributed by atoms with Crippen LogP contribution >= 0.6 is 0 Å². The summed E-state index contributed by atoms with van der Waals surface area (Å²) in [5.41, 5.74) is -2.46. The Labute approximate surface area is 231 Å². The smallest absolute Gasteiger partial charge is 0.346 e. The van der Waals surface area contributed by atoms with Crippen molar-refractivity contribution in [2.75, 3.05) is 5.32 Å². The SMILES string of the molecule is Cn1cc(CNC(=O)c2c(NC(=O)c3cc4nc(-c5ccc(F)cc5)cc(C(F)(F)C(F)(F)F)n4n3)cnn2C)cn1. The van der Waals surface area contributed by atoms with Gasteiger partial charge in [0.1, 0.15) is 17.2 Å². The molecule has 0 aliphatic rings. The molecule has 0 radical (unpaired) electrons. The number of nitrogens with one attached hydrogen (secondary N) is 2. The largest absolute Gasteiger partial charge is 0.459 e. The van der Waals surface area contributed by atoms with Gasteiger partial charge in [0.2, 0.25) is 0 Å². The van der Waals surface area contributed by atoms with E-state index in [1.807, 2.05) is 0 Å². The van der Waals surface area contributed by atoms with Gasteiger partial charge >= 0.3 is 12.1 Å². The highest BCUT2D eigenvalue weighted by Gasteiger charge is 2.60. The molecule has 0 saturated heterocycles. The number of carbonyl (C=O) groups is 2. The molecule has 4 aromatic heterocycles. The topological polar surface area (TPSA) is 124 Å². The predicted molar refractivity (Wildman–Crippen MR) is 134 cm³/mol. The molecule has 0 spiro atoms. The highest BCUT2D eigenvalue weighted by atomic mass is 19.4. The summed E-state index contributed by atoms with van der Waals surface area (Å²) in [7, 11) is 3.14. The number of aromatic nitrogens is 7. The van der Waals surface area contributed by atoms with E-state index in [9.17, 15) is 35.9 Å². The molecule has 2 N–H and O–H groups in total. The monoisotopic (exact) mass is 591 g/mol. The van der Waals surface area contributed by atoms with E-state index in [2.05, 4.69) is 30.9 Å². The standard InChI is InChI=1S/C25H19F6N9O2/c1-38-12-13(10-33-38)9-32-23(42)21-18(11-34-39(21)2)36-22(41)17-8-20-35-16(14-3-5-15(26)6-4-14)7-19(40(20)37-17)24(27,28)25(29,30)31/h3-8,10-12H,9H2,1-2H3,(H,32,42)(H,36,41). The minimum atomic E-state index is -6.01. The number of aryl methyl sites for hydroxylation is 2. The fourth-order valence-electron chi connectivity index (χ4n) is 4.04. The van der Waals surface area contributed by atoms with Crippen molar-refractivity contribution in [3.63, 3.8) is 0 Å². The van der Waals surface area contributed by atoms with Crippen molar-refractivity contribution in [1.82, 2.24) is 39.5 Å². The molecule has 0 unspecified atom stereocenters. The van der Waals surface area contributed by atoms with Crippen LogP contribution in [0.2, 0.25) is 0 Å². The lowest BCUT2D eigenvalue weighted by atomic mass is 10.1. The Morgan fingerprint density at radius 3 is 2.31 bits per heavy atom. The first-order chi connectivity index (χ1) is 19.7. The Morgan fingerprint density at radius 2 is 1.67 bits per heavy atom. The Balaban J connectivity index is 1.48. The van der Waals surface area contributed by atoms with E-state index in [0.717, 1.165) is 36.5 Å². The van der Waals surface area contributed by atoms with Crippen molar-refractivity contribution >= 4 is 23.1 Å². The number of alkyl halides is 5. The number of rotatable bonds is 7. The van der Waals surface area contributed by atoms with Crippen LogP contribution in [0.1, 0.15) is 32.2 Å². The predicted octanol–water partition coefficient (Wildman–Crippen LogP) is 3.84.